The van der Waals surface area contributed by atoms with Crippen LogP contribution in [0.25, 0.3) is 0 Å². The Hall–Kier alpha value is -0.433. The molecular formula is C11H25NO4Si. The third kappa shape index (κ3) is 4.38. The van der Waals surface area contributed by atoms with Crippen molar-refractivity contribution < 1.29 is 18.1 Å². The van der Waals surface area contributed by atoms with Crippen molar-refractivity contribution in [2.45, 2.75) is 40.3 Å². The summed E-state index contributed by atoms with van der Waals surface area (Å²) in [5, 5.41) is 0. The van der Waals surface area contributed by atoms with Gasteiger partial charge in [-0.3, -0.25) is 4.79 Å². The lowest BCUT2D eigenvalue weighted by molar-refractivity contribution is -0.129. The molecular weight excluding hydrogens is 238 g/mol. The van der Waals surface area contributed by atoms with Crippen LogP contribution < -0.4 is 0 Å². The molecule has 0 aliphatic heterocycles. The van der Waals surface area contributed by atoms with Crippen LogP contribution in [0, 0.1) is 0 Å². The molecule has 0 aromatic heterocycles. The van der Waals surface area contributed by atoms with E-state index in [4.69, 9.17) is 13.3 Å². The van der Waals surface area contributed by atoms with Crippen LogP contribution >= 0.6 is 0 Å². The Morgan fingerprint density at radius 3 is 1.71 bits per heavy atom. The summed E-state index contributed by atoms with van der Waals surface area (Å²) < 4.78 is 17.2. The van der Waals surface area contributed by atoms with E-state index in [1.54, 1.807) is 11.9 Å². The lowest BCUT2D eigenvalue weighted by atomic mass is 10.5. The SMILES string of the molecule is CCO[Si](OCC)(OCC)C(C)N(C)C(C)=O. The van der Waals surface area contributed by atoms with Gasteiger partial charge in [0.2, 0.25) is 5.91 Å². The molecule has 17 heavy (non-hydrogen) atoms. The van der Waals surface area contributed by atoms with Gasteiger partial charge < -0.3 is 18.2 Å². The molecule has 0 bridgehead atoms. The molecule has 0 N–H and O–H groups in total. The first-order valence-corrected chi connectivity index (χ1v) is 7.90. The van der Waals surface area contributed by atoms with E-state index in [9.17, 15) is 4.79 Å². The Bertz CT molecular complexity index is 220. The van der Waals surface area contributed by atoms with E-state index in [-0.39, 0.29) is 11.6 Å². The first-order valence-electron chi connectivity index (χ1n) is 6.10. The molecule has 0 aromatic rings. The highest BCUT2D eigenvalue weighted by molar-refractivity contribution is 6.62. The van der Waals surface area contributed by atoms with Gasteiger partial charge in [0.1, 0.15) is 0 Å². The normalized spacial score (nSPS) is 13.5. The third-order valence-corrected chi connectivity index (χ3v) is 6.11. The van der Waals surface area contributed by atoms with Crippen LogP contribution in [0.3, 0.4) is 0 Å². The molecule has 0 heterocycles. The van der Waals surface area contributed by atoms with E-state index in [0.29, 0.717) is 19.8 Å². The van der Waals surface area contributed by atoms with Crippen molar-refractivity contribution in [1.82, 2.24) is 4.90 Å². The second-order valence-electron chi connectivity index (χ2n) is 3.71. The van der Waals surface area contributed by atoms with Crippen LogP contribution in [0.5, 0.6) is 0 Å². The molecule has 5 nitrogen and oxygen atoms in total. The van der Waals surface area contributed by atoms with Gasteiger partial charge in [-0.05, 0) is 27.7 Å². The van der Waals surface area contributed by atoms with Crippen molar-refractivity contribution in [3.8, 4) is 0 Å². The summed E-state index contributed by atoms with van der Waals surface area (Å²) in [7, 11) is -1.08. The number of hydrogen-bond acceptors (Lipinski definition) is 4. The fraction of sp³-hybridized carbons (Fsp3) is 0.909. The Morgan fingerprint density at radius 1 is 1.12 bits per heavy atom. The average Bonchev–Trinajstić information content (AvgIpc) is 2.27. The minimum absolute atomic E-state index is 0.0199. The summed E-state index contributed by atoms with van der Waals surface area (Å²) in [6.07, 6.45) is 0. The molecule has 0 aliphatic rings. The molecule has 0 saturated heterocycles. The highest BCUT2D eigenvalue weighted by Gasteiger charge is 2.49. The number of amides is 1. The number of hydrogen-bond donors (Lipinski definition) is 0. The summed E-state index contributed by atoms with van der Waals surface area (Å²) >= 11 is 0. The highest BCUT2D eigenvalue weighted by Crippen LogP contribution is 2.19. The zero-order chi connectivity index (χ0) is 13.5. The topological polar surface area (TPSA) is 48.0 Å². The molecule has 0 rings (SSSR count). The Kier molecular flexibility index (Phi) is 7.61. The van der Waals surface area contributed by atoms with Crippen LogP contribution in [0.4, 0.5) is 0 Å². The Morgan fingerprint density at radius 2 is 1.47 bits per heavy atom. The van der Waals surface area contributed by atoms with Crippen molar-refractivity contribution in [2.75, 3.05) is 26.9 Å². The van der Waals surface area contributed by atoms with E-state index in [1.807, 2.05) is 27.7 Å². The predicted octanol–water partition coefficient (Wildman–Crippen LogP) is 1.44. The third-order valence-electron chi connectivity index (χ3n) is 2.63. The van der Waals surface area contributed by atoms with Crippen LogP contribution in [-0.2, 0) is 18.1 Å². The summed E-state index contributed by atoms with van der Waals surface area (Å²) in [4.78, 5) is 13.0. The fourth-order valence-electron chi connectivity index (χ4n) is 1.60. The number of nitrogens with zero attached hydrogens (tertiary/aromatic N) is 1. The van der Waals surface area contributed by atoms with Gasteiger partial charge in [0, 0.05) is 33.8 Å². The number of carbonyl (C=O) groups excluding carboxylic acids is 1. The maximum atomic E-state index is 11.4. The van der Waals surface area contributed by atoms with Crippen molar-refractivity contribution in [1.29, 1.82) is 0 Å². The lowest BCUT2D eigenvalue weighted by Crippen LogP contribution is -2.61. The van der Waals surface area contributed by atoms with E-state index in [0.717, 1.165) is 0 Å². The van der Waals surface area contributed by atoms with Gasteiger partial charge in [-0.1, -0.05) is 0 Å². The van der Waals surface area contributed by atoms with Crippen molar-refractivity contribution >= 4 is 14.7 Å². The Labute approximate surface area is 105 Å². The van der Waals surface area contributed by atoms with E-state index in [1.165, 1.54) is 6.92 Å². The molecule has 0 saturated carbocycles. The van der Waals surface area contributed by atoms with Gasteiger partial charge in [0.15, 0.2) is 0 Å². The van der Waals surface area contributed by atoms with E-state index in [2.05, 4.69) is 0 Å². The van der Waals surface area contributed by atoms with Gasteiger partial charge in [-0.2, -0.15) is 0 Å². The highest BCUT2D eigenvalue weighted by atomic mass is 28.4. The lowest BCUT2D eigenvalue weighted by Gasteiger charge is -2.37. The van der Waals surface area contributed by atoms with Crippen molar-refractivity contribution in [3.63, 3.8) is 0 Å². The molecule has 1 unspecified atom stereocenters. The maximum Gasteiger partial charge on any atom is 0.524 e. The molecule has 6 heteroatoms. The molecule has 0 spiro atoms. The minimum atomic E-state index is -2.82. The van der Waals surface area contributed by atoms with Crippen LogP contribution in [0.1, 0.15) is 34.6 Å². The van der Waals surface area contributed by atoms with Gasteiger partial charge in [0.05, 0.1) is 5.67 Å². The smallest absolute Gasteiger partial charge is 0.373 e. The monoisotopic (exact) mass is 263 g/mol. The molecule has 0 aromatic carbocycles. The van der Waals surface area contributed by atoms with E-state index < -0.39 is 8.80 Å². The quantitative estimate of drug-likeness (QED) is 0.622. The largest absolute Gasteiger partial charge is 0.524 e. The van der Waals surface area contributed by atoms with Crippen LogP contribution in [0.2, 0.25) is 0 Å². The first kappa shape index (κ1) is 16.6. The minimum Gasteiger partial charge on any atom is -0.373 e. The number of rotatable bonds is 8. The Balaban J connectivity index is 5.02. The fourth-order valence-corrected chi connectivity index (χ4v) is 4.44. The first-order chi connectivity index (χ1) is 7.95. The second-order valence-corrected chi connectivity index (χ2v) is 6.62. The predicted molar refractivity (Wildman–Crippen MR) is 68.5 cm³/mol. The molecule has 102 valence electrons. The molecule has 0 fully saturated rings. The van der Waals surface area contributed by atoms with E-state index >= 15 is 0 Å². The standard InChI is InChI=1S/C11H25NO4Si/c1-7-14-17(15-8-2,16-9-3)11(5)12(6)10(4)13/h11H,7-9H2,1-6H3. The van der Waals surface area contributed by atoms with Crippen molar-refractivity contribution in [2.24, 2.45) is 0 Å². The zero-order valence-corrected chi connectivity index (χ0v) is 12.8. The number of carbonyl (C=O) groups is 1. The molecule has 1 amide bonds. The molecule has 1 atom stereocenters. The average molecular weight is 263 g/mol. The molecule has 0 aliphatic carbocycles. The summed E-state index contributed by atoms with van der Waals surface area (Å²) in [5.41, 5.74) is -0.181. The summed E-state index contributed by atoms with van der Waals surface area (Å²) in [5.74, 6) is -0.0199. The van der Waals surface area contributed by atoms with Crippen molar-refractivity contribution in [3.05, 3.63) is 0 Å². The summed E-state index contributed by atoms with van der Waals surface area (Å²) in [6, 6.07) is 0. The van der Waals surface area contributed by atoms with Crippen LogP contribution in [0.15, 0.2) is 0 Å². The van der Waals surface area contributed by atoms with Crippen LogP contribution in [-0.4, -0.2) is 52.1 Å². The summed E-state index contributed by atoms with van der Waals surface area (Å²) in [6.45, 7) is 10.7. The van der Waals surface area contributed by atoms with Gasteiger partial charge in [0.25, 0.3) is 0 Å². The van der Waals surface area contributed by atoms with Gasteiger partial charge in [-0.25, -0.2) is 0 Å². The molecule has 0 radical (unpaired) electrons. The van der Waals surface area contributed by atoms with Gasteiger partial charge in [-0.15, -0.1) is 0 Å². The second kappa shape index (κ2) is 7.81. The maximum absolute atomic E-state index is 11.4. The van der Waals surface area contributed by atoms with Gasteiger partial charge >= 0.3 is 8.80 Å². The zero-order valence-electron chi connectivity index (χ0n) is 11.8.